The molecule has 2 heterocycles. The maximum Gasteiger partial charge on any atom is 0.418 e. The molecule has 0 aliphatic rings. The molecule has 0 radical (unpaired) electrons. The summed E-state index contributed by atoms with van der Waals surface area (Å²) in [6.07, 6.45) is -2.86. The lowest BCUT2D eigenvalue weighted by atomic mass is 10.0. The molecule has 1 N–H and O–H groups in total. The van der Waals surface area contributed by atoms with E-state index in [4.69, 9.17) is 4.98 Å². The summed E-state index contributed by atoms with van der Waals surface area (Å²) in [6.45, 7) is 5.96. The van der Waals surface area contributed by atoms with E-state index in [2.05, 4.69) is 5.32 Å². The molecule has 0 spiro atoms. The largest absolute Gasteiger partial charge is 0.418 e. The lowest BCUT2D eigenvalue weighted by Gasteiger charge is -2.14. The number of aromatic nitrogens is 2. The van der Waals surface area contributed by atoms with Gasteiger partial charge in [0.05, 0.1) is 29.1 Å². The Morgan fingerprint density at radius 2 is 1.75 bits per heavy atom. The standard InChI is InChI=1S/C25H22F3N3O/c1-15-10-11-31-21(14-23(32)29-20-7-5-4-6-19(20)25(26,27)28)24(30-22(31)12-15)18-9-8-16(2)17(3)13-18/h4-13H,14H2,1-3H3,(H,29,32). The molecular formula is C25H22F3N3O. The van der Waals surface area contributed by atoms with Crippen molar-refractivity contribution in [2.24, 2.45) is 0 Å². The van der Waals surface area contributed by atoms with E-state index in [0.717, 1.165) is 28.3 Å². The number of amides is 1. The molecule has 4 nitrogen and oxygen atoms in total. The normalized spacial score (nSPS) is 11.7. The number of fused-ring (bicyclic) bond motifs is 1. The molecular weight excluding hydrogens is 415 g/mol. The highest BCUT2D eigenvalue weighted by Crippen LogP contribution is 2.35. The Kier molecular flexibility index (Phi) is 5.50. The number of alkyl halides is 3. The molecule has 0 unspecified atom stereocenters. The van der Waals surface area contributed by atoms with Crippen LogP contribution in [0.5, 0.6) is 0 Å². The maximum absolute atomic E-state index is 13.3. The molecule has 32 heavy (non-hydrogen) atoms. The summed E-state index contributed by atoms with van der Waals surface area (Å²) in [5, 5.41) is 2.43. The van der Waals surface area contributed by atoms with Gasteiger partial charge in [0.15, 0.2) is 0 Å². The molecule has 4 aromatic rings. The summed E-state index contributed by atoms with van der Waals surface area (Å²) in [7, 11) is 0. The van der Waals surface area contributed by atoms with Crippen molar-refractivity contribution in [3.8, 4) is 11.3 Å². The molecule has 0 fully saturated rings. The number of nitrogens with zero attached hydrogens (tertiary/aromatic N) is 2. The number of carbonyl (C=O) groups excluding carboxylic acids is 1. The highest BCUT2D eigenvalue weighted by molar-refractivity contribution is 5.94. The first kappa shape index (κ1) is 21.6. The number of hydrogen-bond acceptors (Lipinski definition) is 2. The second-order valence-electron chi connectivity index (χ2n) is 7.91. The number of halogens is 3. The number of pyridine rings is 1. The monoisotopic (exact) mass is 437 g/mol. The fraction of sp³-hybridized carbons (Fsp3) is 0.200. The van der Waals surface area contributed by atoms with Gasteiger partial charge in [0.2, 0.25) is 5.91 Å². The zero-order chi connectivity index (χ0) is 23.0. The third-order valence-electron chi connectivity index (χ3n) is 5.50. The summed E-state index contributed by atoms with van der Waals surface area (Å²) in [5.74, 6) is -0.547. The second kappa shape index (κ2) is 8.15. The Morgan fingerprint density at radius 1 is 1.00 bits per heavy atom. The first-order valence-electron chi connectivity index (χ1n) is 10.1. The van der Waals surface area contributed by atoms with Crippen LogP contribution >= 0.6 is 0 Å². The Balaban J connectivity index is 1.74. The van der Waals surface area contributed by atoms with Crippen LogP contribution in [0.4, 0.5) is 18.9 Å². The molecule has 164 valence electrons. The Hall–Kier alpha value is -3.61. The smallest absolute Gasteiger partial charge is 0.325 e. The lowest BCUT2D eigenvalue weighted by Crippen LogP contribution is -2.19. The van der Waals surface area contributed by atoms with E-state index in [1.807, 2.05) is 61.7 Å². The second-order valence-corrected chi connectivity index (χ2v) is 7.91. The third kappa shape index (κ3) is 4.23. The van der Waals surface area contributed by atoms with Crippen molar-refractivity contribution in [3.63, 3.8) is 0 Å². The minimum atomic E-state index is -4.56. The Morgan fingerprint density at radius 3 is 2.47 bits per heavy atom. The van der Waals surface area contributed by atoms with Gasteiger partial charge < -0.3 is 9.72 Å². The van der Waals surface area contributed by atoms with Gasteiger partial charge >= 0.3 is 6.18 Å². The van der Waals surface area contributed by atoms with Crippen molar-refractivity contribution < 1.29 is 18.0 Å². The summed E-state index contributed by atoms with van der Waals surface area (Å²) in [6, 6.07) is 14.7. The van der Waals surface area contributed by atoms with Crippen molar-refractivity contribution in [1.29, 1.82) is 0 Å². The van der Waals surface area contributed by atoms with Crippen LogP contribution < -0.4 is 5.32 Å². The van der Waals surface area contributed by atoms with Gasteiger partial charge in [-0.15, -0.1) is 0 Å². The Bertz CT molecular complexity index is 1320. The van der Waals surface area contributed by atoms with Gasteiger partial charge in [0, 0.05) is 11.8 Å². The van der Waals surface area contributed by atoms with Gasteiger partial charge in [-0.25, -0.2) is 4.98 Å². The highest BCUT2D eigenvalue weighted by Gasteiger charge is 2.33. The van der Waals surface area contributed by atoms with E-state index in [-0.39, 0.29) is 12.1 Å². The summed E-state index contributed by atoms with van der Waals surface area (Å²) < 4.78 is 41.8. The molecule has 2 aromatic carbocycles. The molecule has 2 aromatic heterocycles. The quantitative estimate of drug-likeness (QED) is 0.418. The van der Waals surface area contributed by atoms with E-state index in [0.29, 0.717) is 17.0 Å². The summed E-state index contributed by atoms with van der Waals surface area (Å²) in [5.41, 5.74) is 4.89. The fourth-order valence-corrected chi connectivity index (χ4v) is 3.67. The first-order chi connectivity index (χ1) is 15.1. The van der Waals surface area contributed by atoms with Crippen molar-refractivity contribution in [2.75, 3.05) is 5.32 Å². The zero-order valence-electron chi connectivity index (χ0n) is 17.9. The van der Waals surface area contributed by atoms with Gasteiger partial charge in [-0.1, -0.05) is 24.3 Å². The van der Waals surface area contributed by atoms with Crippen LogP contribution in [0.15, 0.2) is 60.8 Å². The van der Waals surface area contributed by atoms with Crippen LogP contribution in [0.1, 0.15) is 27.9 Å². The number of rotatable bonds is 4. The zero-order valence-corrected chi connectivity index (χ0v) is 17.9. The molecule has 0 saturated heterocycles. The SMILES string of the molecule is Cc1ccn2c(CC(=O)Nc3ccccc3C(F)(F)F)c(-c3ccc(C)c(C)c3)nc2c1. The molecule has 0 aliphatic heterocycles. The number of carbonyl (C=O) groups is 1. The van der Waals surface area contributed by atoms with E-state index in [9.17, 15) is 18.0 Å². The average molecular weight is 437 g/mol. The Labute approximate surface area is 183 Å². The van der Waals surface area contributed by atoms with Gasteiger partial charge in [0.1, 0.15) is 5.65 Å². The summed E-state index contributed by atoms with van der Waals surface area (Å²) in [4.78, 5) is 17.6. The van der Waals surface area contributed by atoms with Gasteiger partial charge in [0.25, 0.3) is 0 Å². The first-order valence-corrected chi connectivity index (χ1v) is 10.1. The van der Waals surface area contributed by atoms with Gasteiger partial charge in [-0.2, -0.15) is 13.2 Å². The maximum atomic E-state index is 13.3. The van der Waals surface area contributed by atoms with E-state index in [1.54, 1.807) is 0 Å². The lowest BCUT2D eigenvalue weighted by molar-refractivity contribution is -0.137. The van der Waals surface area contributed by atoms with Crippen LogP contribution in [0.25, 0.3) is 16.9 Å². The molecule has 0 saturated carbocycles. The number of anilines is 1. The minimum absolute atomic E-state index is 0.126. The van der Waals surface area contributed by atoms with E-state index in [1.165, 1.54) is 18.2 Å². The molecule has 0 atom stereocenters. The van der Waals surface area contributed by atoms with Crippen LogP contribution in [0, 0.1) is 20.8 Å². The predicted molar refractivity (Wildman–Crippen MR) is 119 cm³/mol. The van der Waals surface area contributed by atoms with Crippen molar-refractivity contribution in [3.05, 3.63) is 88.7 Å². The predicted octanol–water partition coefficient (Wildman–Crippen LogP) is 6.13. The van der Waals surface area contributed by atoms with Crippen LogP contribution in [-0.2, 0) is 17.4 Å². The third-order valence-corrected chi connectivity index (χ3v) is 5.50. The molecule has 7 heteroatoms. The van der Waals surface area contributed by atoms with Gasteiger partial charge in [-0.3, -0.25) is 4.79 Å². The fourth-order valence-electron chi connectivity index (χ4n) is 3.67. The molecule has 4 rings (SSSR count). The van der Waals surface area contributed by atoms with Crippen LogP contribution in [0.3, 0.4) is 0 Å². The van der Waals surface area contributed by atoms with Crippen LogP contribution in [-0.4, -0.2) is 15.3 Å². The van der Waals surface area contributed by atoms with E-state index >= 15 is 0 Å². The minimum Gasteiger partial charge on any atom is -0.325 e. The molecule has 1 amide bonds. The van der Waals surface area contributed by atoms with Crippen molar-refractivity contribution in [2.45, 2.75) is 33.4 Å². The number of benzene rings is 2. The number of aryl methyl sites for hydroxylation is 3. The average Bonchev–Trinajstić information content (AvgIpc) is 3.07. The van der Waals surface area contributed by atoms with Crippen molar-refractivity contribution >= 4 is 17.2 Å². The van der Waals surface area contributed by atoms with Gasteiger partial charge in [-0.05, 0) is 67.8 Å². The summed E-state index contributed by atoms with van der Waals surface area (Å²) >= 11 is 0. The molecule has 0 bridgehead atoms. The number of hydrogen-bond donors (Lipinski definition) is 1. The number of nitrogens with one attached hydrogen (secondary N) is 1. The topological polar surface area (TPSA) is 46.4 Å². The number of imidazole rings is 1. The van der Waals surface area contributed by atoms with E-state index < -0.39 is 17.6 Å². The number of para-hydroxylation sites is 1. The highest BCUT2D eigenvalue weighted by atomic mass is 19.4. The van der Waals surface area contributed by atoms with Crippen LogP contribution in [0.2, 0.25) is 0 Å². The molecule has 0 aliphatic carbocycles. The van der Waals surface area contributed by atoms with Crippen molar-refractivity contribution in [1.82, 2.24) is 9.38 Å².